The maximum absolute atomic E-state index is 14.0. The Morgan fingerprint density at radius 1 is 1.25 bits per heavy atom. The van der Waals surface area contributed by atoms with Crippen LogP contribution in [0.1, 0.15) is 66.8 Å². The molecule has 3 rings (SSSR count). The number of hydrogen-bond donors (Lipinski definition) is 1. The largest absolute Gasteiger partial charge is 0.492 e. The first kappa shape index (κ1) is 17.1. The van der Waals surface area contributed by atoms with Gasteiger partial charge in [0.15, 0.2) is 0 Å². The van der Waals surface area contributed by atoms with Crippen LogP contribution in [0.4, 0.5) is 13.2 Å². The molecule has 0 aliphatic heterocycles. The molecule has 1 aromatic carbocycles. The summed E-state index contributed by atoms with van der Waals surface area (Å²) in [5.41, 5.74) is -0.958. The van der Waals surface area contributed by atoms with E-state index >= 15 is 0 Å². The van der Waals surface area contributed by atoms with Crippen LogP contribution in [0.2, 0.25) is 0 Å². The number of rotatable bonds is 6. The minimum atomic E-state index is -2.48. The molecular formula is C18H21F3O3. The van der Waals surface area contributed by atoms with Gasteiger partial charge >= 0.3 is 5.97 Å². The van der Waals surface area contributed by atoms with E-state index in [1.807, 2.05) is 0 Å². The standard InChI is InChI=1S/C18H21F3O3/c19-14-9-15(12(11-4-5-11)8-13(14)16(22)23)24-10-18(17(20)21)6-2-1-3-7-18/h8-9,11,17H,1-7,10H2,(H,22,23). The molecule has 1 aromatic rings. The van der Waals surface area contributed by atoms with Gasteiger partial charge in [0.2, 0.25) is 6.43 Å². The van der Waals surface area contributed by atoms with E-state index in [2.05, 4.69) is 0 Å². The number of halogens is 3. The predicted molar refractivity (Wildman–Crippen MR) is 82.4 cm³/mol. The molecule has 0 bridgehead atoms. The molecule has 2 fully saturated rings. The van der Waals surface area contributed by atoms with Gasteiger partial charge in [-0.05, 0) is 43.2 Å². The molecule has 2 aliphatic carbocycles. The van der Waals surface area contributed by atoms with Gasteiger partial charge in [0.25, 0.3) is 0 Å². The zero-order chi connectivity index (χ0) is 17.3. The second-order valence-electron chi connectivity index (χ2n) is 6.96. The highest BCUT2D eigenvalue weighted by molar-refractivity contribution is 5.88. The third kappa shape index (κ3) is 3.37. The Kier molecular flexibility index (Phi) is 4.74. The van der Waals surface area contributed by atoms with Crippen molar-refractivity contribution in [1.82, 2.24) is 0 Å². The first-order chi connectivity index (χ1) is 11.4. The van der Waals surface area contributed by atoms with Gasteiger partial charge in [0.1, 0.15) is 11.6 Å². The molecule has 0 radical (unpaired) electrons. The minimum absolute atomic E-state index is 0.132. The Morgan fingerprint density at radius 3 is 2.46 bits per heavy atom. The number of aromatic carboxylic acids is 1. The highest BCUT2D eigenvalue weighted by Gasteiger charge is 2.42. The second kappa shape index (κ2) is 6.65. The van der Waals surface area contributed by atoms with Crippen molar-refractivity contribution in [2.75, 3.05) is 6.61 Å². The molecule has 3 nitrogen and oxygen atoms in total. The molecule has 1 N–H and O–H groups in total. The van der Waals surface area contributed by atoms with Crippen LogP contribution in [0.3, 0.4) is 0 Å². The van der Waals surface area contributed by atoms with E-state index in [1.54, 1.807) is 0 Å². The van der Waals surface area contributed by atoms with Crippen molar-refractivity contribution in [2.24, 2.45) is 5.41 Å². The van der Waals surface area contributed by atoms with Crippen molar-refractivity contribution in [3.63, 3.8) is 0 Å². The first-order valence-corrected chi connectivity index (χ1v) is 8.41. The average molecular weight is 342 g/mol. The van der Waals surface area contributed by atoms with Crippen LogP contribution in [0.5, 0.6) is 5.75 Å². The van der Waals surface area contributed by atoms with Gasteiger partial charge in [-0.1, -0.05) is 19.3 Å². The smallest absolute Gasteiger partial charge is 0.338 e. The maximum atomic E-state index is 14.0. The maximum Gasteiger partial charge on any atom is 0.338 e. The van der Waals surface area contributed by atoms with Crippen molar-refractivity contribution in [1.29, 1.82) is 0 Å². The Balaban J connectivity index is 1.83. The van der Waals surface area contributed by atoms with Gasteiger partial charge in [-0.3, -0.25) is 0 Å². The van der Waals surface area contributed by atoms with Crippen LogP contribution >= 0.6 is 0 Å². The van der Waals surface area contributed by atoms with Crippen LogP contribution in [-0.4, -0.2) is 24.1 Å². The van der Waals surface area contributed by atoms with Crippen molar-refractivity contribution in [2.45, 2.75) is 57.3 Å². The highest BCUT2D eigenvalue weighted by Crippen LogP contribution is 2.47. The summed E-state index contributed by atoms with van der Waals surface area (Å²) in [5, 5.41) is 9.05. The van der Waals surface area contributed by atoms with E-state index < -0.39 is 29.2 Å². The fourth-order valence-corrected chi connectivity index (χ4v) is 3.48. The minimum Gasteiger partial charge on any atom is -0.492 e. The molecule has 2 saturated carbocycles. The molecule has 24 heavy (non-hydrogen) atoms. The SMILES string of the molecule is O=C(O)c1cc(C2CC2)c(OCC2(C(F)F)CCCCC2)cc1F. The summed E-state index contributed by atoms with van der Waals surface area (Å²) in [7, 11) is 0. The van der Waals surface area contributed by atoms with Crippen LogP contribution in [0, 0.1) is 11.2 Å². The number of carbonyl (C=O) groups is 1. The normalized spacial score (nSPS) is 20.2. The third-order valence-corrected chi connectivity index (χ3v) is 5.17. The lowest BCUT2D eigenvalue weighted by atomic mass is 9.75. The zero-order valence-corrected chi connectivity index (χ0v) is 13.4. The van der Waals surface area contributed by atoms with Gasteiger partial charge in [-0.2, -0.15) is 0 Å². The molecule has 0 unspecified atom stereocenters. The van der Waals surface area contributed by atoms with E-state index in [0.29, 0.717) is 18.4 Å². The molecule has 0 heterocycles. The molecular weight excluding hydrogens is 321 g/mol. The summed E-state index contributed by atoms with van der Waals surface area (Å²) in [6.07, 6.45) is 2.51. The van der Waals surface area contributed by atoms with Gasteiger partial charge < -0.3 is 9.84 Å². The van der Waals surface area contributed by atoms with Crippen molar-refractivity contribution in [3.8, 4) is 5.75 Å². The predicted octanol–water partition coefficient (Wildman–Crippen LogP) is 5.00. The van der Waals surface area contributed by atoms with E-state index in [1.165, 1.54) is 6.07 Å². The fraction of sp³-hybridized carbons (Fsp3) is 0.611. The fourth-order valence-electron chi connectivity index (χ4n) is 3.48. The van der Waals surface area contributed by atoms with Crippen LogP contribution < -0.4 is 4.74 Å². The lowest BCUT2D eigenvalue weighted by molar-refractivity contribution is -0.0587. The number of carboxylic acid groups (broad SMARTS) is 1. The summed E-state index contributed by atoms with van der Waals surface area (Å²) < 4.78 is 46.8. The number of carboxylic acids is 1. The highest BCUT2D eigenvalue weighted by atomic mass is 19.3. The van der Waals surface area contributed by atoms with Gasteiger partial charge in [-0.25, -0.2) is 18.0 Å². The van der Waals surface area contributed by atoms with E-state index in [9.17, 15) is 18.0 Å². The van der Waals surface area contributed by atoms with E-state index in [-0.39, 0.29) is 18.3 Å². The van der Waals surface area contributed by atoms with Crippen molar-refractivity contribution in [3.05, 3.63) is 29.1 Å². The zero-order valence-electron chi connectivity index (χ0n) is 13.4. The van der Waals surface area contributed by atoms with Crippen LogP contribution in [0.25, 0.3) is 0 Å². The quantitative estimate of drug-likeness (QED) is 0.792. The molecule has 0 amide bonds. The molecule has 0 atom stereocenters. The number of benzene rings is 1. The number of alkyl halides is 2. The van der Waals surface area contributed by atoms with Crippen LogP contribution in [-0.2, 0) is 0 Å². The molecule has 0 spiro atoms. The summed E-state index contributed by atoms with van der Waals surface area (Å²) >= 11 is 0. The molecule has 132 valence electrons. The molecule has 0 aromatic heterocycles. The molecule has 2 aliphatic rings. The monoisotopic (exact) mass is 342 g/mol. The third-order valence-electron chi connectivity index (χ3n) is 5.17. The Hall–Kier alpha value is -1.72. The second-order valence-corrected chi connectivity index (χ2v) is 6.96. The van der Waals surface area contributed by atoms with Crippen LogP contribution in [0.15, 0.2) is 12.1 Å². The van der Waals surface area contributed by atoms with Crippen molar-refractivity contribution < 1.29 is 27.8 Å². The summed E-state index contributed by atoms with van der Waals surface area (Å²) in [5.74, 6) is -1.88. The summed E-state index contributed by atoms with van der Waals surface area (Å²) in [6, 6.07) is 2.33. The average Bonchev–Trinajstić information content (AvgIpc) is 3.38. The topological polar surface area (TPSA) is 46.5 Å². The Bertz CT molecular complexity index is 620. The first-order valence-electron chi connectivity index (χ1n) is 8.41. The number of hydrogen-bond acceptors (Lipinski definition) is 2. The van der Waals surface area contributed by atoms with Crippen molar-refractivity contribution >= 4 is 5.97 Å². The van der Waals surface area contributed by atoms with Gasteiger partial charge in [-0.15, -0.1) is 0 Å². The lowest BCUT2D eigenvalue weighted by Gasteiger charge is -2.36. The molecule has 6 heteroatoms. The molecule has 0 saturated heterocycles. The van der Waals surface area contributed by atoms with Gasteiger partial charge in [0.05, 0.1) is 17.6 Å². The summed E-state index contributed by atoms with van der Waals surface area (Å²) in [6.45, 7) is -0.157. The Morgan fingerprint density at radius 2 is 1.92 bits per heavy atom. The Labute approximate surface area is 138 Å². The van der Waals surface area contributed by atoms with E-state index in [0.717, 1.165) is 38.2 Å². The number of ether oxygens (including phenoxy) is 1. The lowest BCUT2D eigenvalue weighted by Crippen LogP contribution is -2.38. The van der Waals surface area contributed by atoms with Gasteiger partial charge in [0, 0.05) is 6.07 Å². The van der Waals surface area contributed by atoms with E-state index in [4.69, 9.17) is 9.84 Å². The summed E-state index contributed by atoms with van der Waals surface area (Å²) in [4.78, 5) is 11.1.